The van der Waals surface area contributed by atoms with Gasteiger partial charge in [-0.3, -0.25) is 4.79 Å². The summed E-state index contributed by atoms with van der Waals surface area (Å²) in [6.07, 6.45) is 1.67. The molecule has 0 atom stereocenters. The first-order valence-electron chi connectivity index (χ1n) is 6.15. The molecule has 5 nitrogen and oxygen atoms in total. The lowest BCUT2D eigenvalue weighted by atomic mass is 10.2. The number of imidazole rings is 1. The van der Waals surface area contributed by atoms with Crippen molar-refractivity contribution in [3.63, 3.8) is 0 Å². The minimum atomic E-state index is -0.103. The lowest BCUT2D eigenvalue weighted by Gasteiger charge is -2.08. The Balaban J connectivity index is 2.01. The number of amides is 1. The van der Waals surface area contributed by atoms with Crippen molar-refractivity contribution in [2.24, 2.45) is 5.73 Å². The molecule has 3 N–H and O–H groups in total. The Morgan fingerprint density at radius 3 is 2.50 bits per heavy atom. The fourth-order valence-electron chi connectivity index (χ4n) is 1.78. The number of carbonyl (C=O) groups is 1. The molecule has 1 heterocycles. The minimum absolute atomic E-state index is 0.103. The van der Waals surface area contributed by atoms with Crippen molar-refractivity contribution in [1.29, 1.82) is 0 Å². The van der Waals surface area contributed by atoms with Crippen molar-refractivity contribution in [3.8, 4) is 0 Å². The Bertz CT molecular complexity index is 646. The second-order valence-electron chi connectivity index (χ2n) is 4.53. The molecule has 2 rings (SSSR count). The molecular formula is C14H16N4OS. The van der Waals surface area contributed by atoms with Gasteiger partial charge in [-0.2, -0.15) is 0 Å². The van der Waals surface area contributed by atoms with E-state index in [1.165, 1.54) is 0 Å². The van der Waals surface area contributed by atoms with Crippen LogP contribution in [0.3, 0.4) is 0 Å². The monoisotopic (exact) mass is 288 g/mol. The second-order valence-corrected chi connectivity index (χ2v) is 4.97. The largest absolute Gasteiger partial charge is 0.389 e. The maximum atomic E-state index is 12.0. The zero-order chi connectivity index (χ0) is 14.7. The van der Waals surface area contributed by atoms with E-state index >= 15 is 0 Å². The molecule has 0 aliphatic carbocycles. The maximum Gasteiger partial charge on any atom is 0.244 e. The first-order chi connectivity index (χ1) is 9.47. The Morgan fingerprint density at radius 2 is 2.00 bits per heavy atom. The average molecular weight is 288 g/mol. The predicted octanol–water partition coefficient (Wildman–Crippen LogP) is 1.77. The number of anilines is 1. The lowest BCUT2D eigenvalue weighted by Crippen LogP contribution is -2.19. The van der Waals surface area contributed by atoms with Gasteiger partial charge >= 0.3 is 0 Å². The van der Waals surface area contributed by atoms with Gasteiger partial charge in [0.25, 0.3) is 0 Å². The zero-order valence-electron chi connectivity index (χ0n) is 11.4. The minimum Gasteiger partial charge on any atom is -0.389 e. The molecule has 0 aliphatic heterocycles. The number of benzene rings is 1. The van der Waals surface area contributed by atoms with E-state index in [0.29, 0.717) is 10.7 Å². The van der Waals surface area contributed by atoms with Crippen LogP contribution in [0, 0.1) is 13.8 Å². The lowest BCUT2D eigenvalue weighted by molar-refractivity contribution is -0.116. The van der Waals surface area contributed by atoms with Gasteiger partial charge in [-0.05, 0) is 38.1 Å². The van der Waals surface area contributed by atoms with Crippen LogP contribution in [0.1, 0.15) is 17.0 Å². The van der Waals surface area contributed by atoms with Gasteiger partial charge in [0.2, 0.25) is 5.91 Å². The van der Waals surface area contributed by atoms with Gasteiger partial charge in [-0.1, -0.05) is 12.2 Å². The van der Waals surface area contributed by atoms with Crippen LogP contribution in [0.5, 0.6) is 0 Å². The van der Waals surface area contributed by atoms with E-state index in [1.54, 1.807) is 30.6 Å². The predicted molar refractivity (Wildman–Crippen MR) is 82.7 cm³/mol. The van der Waals surface area contributed by atoms with Crippen molar-refractivity contribution in [2.75, 3.05) is 5.32 Å². The SMILES string of the molecule is Cc1ncn(CC(=O)Nc2ccc(C(N)=S)cc2)c1C. The molecule has 0 bridgehead atoms. The number of rotatable bonds is 4. The Labute approximate surface area is 122 Å². The standard InChI is InChI=1S/C14H16N4OS/c1-9-10(2)18(8-16-9)7-13(19)17-12-5-3-11(4-6-12)14(15)20/h3-6,8H,7H2,1-2H3,(H2,15,20)(H,17,19). The summed E-state index contributed by atoms with van der Waals surface area (Å²) in [4.78, 5) is 16.5. The first-order valence-corrected chi connectivity index (χ1v) is 6.56. The van der Waals surface area contributed by atoms with Crippen LogP contribution < -0.4 is 11.1 Å². The Hall–Kier alpha value is -2.21. The summed E-state index contributed by atoms with van der Waals surface area (Å²) in [6, 6.07) is 7.12. The molecule has 1 aromatic carbocycles. The summed E-state index contributed by atoms with van der Waals surface area (Å²) in [5.74, 6) is -0.103. The second kappa shape index (κ2) is 5.83. The topological polar surface area (TPSA) is 72.9 Å². The summed E-state index contributed by atoms with van der Waals surface area (Å²) < 4.78 is 1.81. The smallest absolute Gasteiger partial charge is 0.244 e. The molecule has 0 fully saturated rings. The van der Waals surface area contributed by atoms with Gasteiger partial charge in [0, 0.05) is 16.9 Å². The third kappa shape index (κ3) is 3.21. The molecule has 1 aromatic heterocycles. The van der Waals surface area contributed by atoms with Crippen LogP contribution in [0.15, 0.2) is 30.6 Å². The van der Waals surface area contributed by atoms with Gasteiger partial charge in [-0.15, -0.1) is 0 Å². The average Bonchev–Trinajstić information content (AvgIpc) is 2.71. The van der Waals surface area contributed by atoms with Crippen molar-refractivity contribution < 1.29 is 4.79 Å². The molecule has 0 radical (unpaired) electrons. The van der Waals surface area contributed by atoms with Crippen LogP contribution in [0.4, 0.5) is 5.69 Å². The number of nitrogens with one attached hydrogen (secondary N) is 1. The quantitative estimate of drug-likeness (QED) is 0.841. The number of aromatic nitrogens is 2. The zero-order valence-corrected chi connectivity index (χ0v) is 12.2. The van der Waals surface area contributed by atoms with E-state index < -0.39 is 0 Å². The highest BCUT2D eigenvalue weighted by molar-refractivity contribution is 7.80. The molecule has 0 saturated heterocycles. The molecule has 20 heavy (non-hydrogen) atoms. The van der Waals surface area contributed by atoms with E-state index in [0.717, 1.165) is 17.0 Å². The van der Waals surface area contributed by atoms with Gasteiger partial charge in [0.1, 0.15) is 11.5 Å². The number of thiocarbonyl (C=S) groups is 1. The molecule has 1 amide bonds. The summed E-state index contributed by atoms with van der Waals surface area (Å²) in [7, 11) is 0. The van der Waals surface area contributed by atoms with Gasteiger partial charge in [-0.25, -0.2) is 4.98 Å². The van der Waals surface area contributed by atoms with E-state index in [9.17, 15) is 4.79 Å². The molecule has 2 aromatic rings. The molecule has 0 saturated carbocycles. The molecule has 0 spiro atoms. The van der Waals surface area contributed by atoms with Crippen LogP contribution in [0.25, 0.3) is 0 Å². The number of hydrogen-bond donors (Lipinski definition) is 2. The third-order valence-corrected chi connectivity index (χ3v) is 3.35. The van der Waals surface area contributed by atoms with E-state index in [4.69, 9.17) is 18.0 Å². The Kier molecular flexibility index (Phi) is 4.14. The molecular weight excluding hydrogens is 272 g/mol. The van der Waals surface area contributed by atoms with E-state index in [1.807, 2.05) is 18.4 Å². The fourth-order valence-corrected chi connectivity index (χ4v) is 1.91. The van der Waals surface area contributed by atoms with Crippen LogP contribution >= 0.6 is 12.2 Å². The van der Waals surface area contributed by atoms with E-state index in [-0.39, 0.29) is 12.5 Å². The number of aryl methyl sites for hydroxylation is 1. The highest BCUT2D eigenvalue weighted by atomic mass is 32.1. The molecule has 104 valence electrons. The molecule has 0 aliphatic rings. The number of nitrogens with zero attached hydrogens (tertiary/aromatic N) is 2. The third-order valence-electron chi connectivity index (χ3n) is 3.11. The highest BCUT2D eigenvalue weighted by Crippen LogP contribution is 2.10. The number of carbonyl (C=O) groups excluding carboxylic acids is 1. The highest BCUT2D eigenvalue weighted by Gasteiger charge is 2.07. The number of nitrogens with two attached hydrogens (primary N) is 1. The van der Waals surface area contributed by atoms with Gasteiger partial charge in [0.15, 0.2) is 0 Å². The van der Waals surface area contributed by atoms with Crippen molar-refractivity contribution in [3.05, 3.63) is 47.5 Å². The van der Waals surface area contributed by atoms with Gasteiger partial charge < -0.3 is 15.6 Å². The van der Waals surface area contributed by atoms with Crippen molar-refractivity contribution in [1.82, 2.24) is 9.55 Å². The van der Waals surface area contributed by atoms with Crippen LogP contribution in [-0.4, -0.2) is 20.4 Å². The molecule has 0 unspecified atom stereocenters. The van der Waals surface area contributed by atoms with Crippen LogP contribution in [-0.2, 0) is 11.3 Å². The van der Waals surface area contributed by atoms with E-state index in [2.05, 4.69) is 10.3 Å². The fraction of sp³-hybridized carbons (Fsp3) is 0.214. The summed E-state index contributed by atoms with van der Waals surface area (Å²) in [5, 5.41) is 2.82. The normalized spacial score (nSPS) is 10.3. The summed E-state index contributed by atoms with van der Waals surface area (Å²) in [6.45, 7) is 4.09. The van der Waals surface area contributed by atoms with Crippen LogP contribution in [0.2, 0.25) is 0 Å². The van der Waals surface area contributed by atoms with Gasteiger partial charge in [0.05, 0.1) is 12.0 Å². The van der Waals surface area contributed by atoms with Crippen molar-refractivity contribution >= 4 is 28.8 Å². The first kappa shape index (κ1) is 14.2. The van der Waals surface area contributed by atoms with Crippen molar-refractivity contribution in [2.45, 2.75) is 20.4 Å². The molecule has 6 heteroatoms. The Morgan fingerprint density at radius 1 is 1.35 bits per heavy atom. The maximum absolute atomic E-state index is 12.0. The summed E-state index contributed by atoms with van der Waals surface area (Å²) in [5.41, 5.74) is 8.93. The summed E-state index contributed by atoms with van der Waals surface area (Å²) >= 11 is 4.88. The number of hydrogen-bond acceptors (Lipinski definition) is 3.